The van der Waals surface area contributed by atoms with E-state index in [1.165, 1.54) is 13.5 Å². The predicted molar refractivity (Wildman–Crippen MR) is 126 cm³/mol. The summed E-state index contributed by atoms with van der Waals surface area (Å²) in [6, 6.07) is 7.34. The van der Waals surface area contributed by atoms with Gasteiger partial charge in [0.15, 0.2) is 6.61 Å². The zero-order valence-corrected chi connectivity index (χ0v) is 20.0. The summed E-state index contributed by atoms with van der Waals surface area (Å²) in [5, 5.41) is 3.03. The molecule has 7 nitrogen and oxygen atoms in total. The Kier molecular flexibility index (Phi) is 8.31. The second-order valence-electron chi connectivity index (χ2n) is 9.08. The predicted octanol–water partition coefficient (Wildman–Crippen LogP) is 3.84. The van der Waals surface area contributed by atoms with Crippen LogP contribution in [-0.2, 0) is 19.1 Å². The number of benzene rings is 1. The van der Waals surface area contributed by atoms with Gasteiger partial charge in [-0.15, -0.1) is 0 Å². The lowest BCUT2D eigenvalue weighted by atomic mass is 9.95. The van der Waals surface area contributed by atoms with E-state index in [9.17, 15) is 14.4 Å². The van der Waals surface area contributed by atoms with E-state index in [0.717, 1.165) is 31.2 Å². The third-order valence-electron chi connectivity index (χ3n) is 5.98. The van der Waals surface area contributed by atoms with Crippen molar-refractivity contribution in [3.8, 4) is 5.75 Å². The number of hydrogen-bond acceptors (Lipinski definition) is 5. The molecular weight excluding hydrogens is 420 g/mol. The number of allylic oxidation sites excluding steroid dienone is 1. The normalized spacial score (nSPS) is 18.3. The number of esters is 1. The van der Waals surface area contributed by atoms with Crippen molar-refractivity contribution in [1.82, 2.24) is 10.2 Å². The van der Waals surface area contributed by atoms with Gasteiger partial charge in [-0.05, 0) is 49.5 Å². The summed E-state index contributed by atoms with van der Waals surface area (Å²) in [7, 11) is 1.31. The maximum Gasteiger partial charge on any atom is 0.340 e. The monoisotopic (exact) mass is 454 g/mol. The fourth-order valence-electron chi connectivity index (χ4n) is 4.31. The van der Waals surface area contributed by atoms with Crippen LogP contribution in [0.25, 0.3) is 6.08 Å². The average Bonchev–Trinajstić information content (AvgIpc) is 3.02. The van der Waals surface area contributed by atoms with Gasteiger partial charge in [0.25, 0.3) is 11.8 Å². The van der Waals surface area contributed by atoms with Crippen molar-refractivity contribution in [2.45, 2.75) is 58.9 Å². The number of rotatable bonds is 8. The maximum atomic E-state index is 13.0. The lowest BCUT2D eigenvalue weighted by Gasteiger charge is -2.22. The van der Waals surface area contributed by atoms with Gasteiger partial charge in [0.1, 0.15) is 5.75 Å². The lowest BCUT2D eigenvalue weighted by Crippen LogP contribution is -2.38. The van der Waals surface area contributed by atoms with E-state index < -0.39 is 5.97 Å². The molecule has 1 aromatic carbocycles. The summed E-state index contributed by atoms with van der Waals surface area (Å²) in [5.74, 6) is -0.0224. The van der Waals surface area contributed by atoms with Crippen LogP contribution in [-0.4, -0.2) is 49.0 Å². The molecular formula is C26H34N2O5. The van der Waals surface area contributed by atoms with Crippen LogP contribution < -0.4 is 10.1 Å². The molecule has 0 spiro atoms. The fourth-order valence-corrected chi connectivity index (χ4v) is 4.31. The molecule has 0 aromatic heterocycles. The lowest BCUT2D eigenvalue weighted by molar-refractivity contribution is -0.136. The molecule has 2 aliphatic rings. The minimum absolute atomic E-state index is 0.0337. The molecule has 0 atom stereocenters. The van der Waals surface area contributed by atoms with E-state index in [0.29, 0.717) is 29.1 Å². The Hall–Kier alpha value is -3.09. The van der Waals surface area contributed by atoms with Crippen molar-refractivity contribution < 1.29 is 23.9 Å². The second-order valence-corrected chi connectivity index (χ2v) is 9.08. The van der Waals surface area contributed by atoms with Crippen LogP contribution in [0.1, 0.15) is 58.4 Å². The standard InChI is InChI=1S/C26H34N2O5/c1-17(2)15-28-18(3)24(26(31)32-4)22(25(28)30)14-19-10-12-21(13-11-19)33-16-23(29)27-20-8-6-5-7-9-20/h10-14,17,20H,5-9,15-16H2,1-4H3,(H,27,29). The first kappa shape index (κ1) is 24.6. The van der Waals surface area contributed by atoms with Gasteiger partial charge >= 0.3 is 5.97 Å². The third kappa shape index (κ3) is 6.24. The number of ether oxygens (including phenoxy) is 2. The smallest absolute Gasteiger partial charge is 0.340 e. The molecule has 1 heterocycles. The Morgan fingerprint density at radius 3 is 2.42 bits per heavy atom. The van der Waals surface area contributed by atoms with Gasteiger partial charge in [-0.1, -0.05) is 45.2 Å². The molecule has 7 heteroatoms. The molecule has 1 saturated carbocycles. The Morgan fingerprint density at radius 2 is 1.82 bits per heavy atom. The fraction of sp³-hybridized carbons (Fsp3) is 0.500. The van der Waals surface area contributed by atoms with Crippen LogP contribution in [0.2, 0.25) is 0 Å². The second kappa shape index (κ2) is 11.2. The summed E-state index contributed by atoms with van der Waals surface area (Å²) in [5.41, 5.74) is 1.97. The molecule has 33 heavy (non-hydrogen) atoms. The highest BCUT2D eigenvalue weighted by Crippen LogP contribution is 2.32. The first-order valence-corrected chi connectivity index (χ1v) is 11.7. The zero-order chi connectivity index (χ0) is 24.0. The summed E-state index contributed by atoms with van der Waals surface area (Å²) in [4.78, 5) is 39.2. The van der Waals surface area contributed by atoms with Crippen LogP contribution in [0.5, 0.6) is 5.75 Å². The van der Waals surface area contributed by atoms with E-state index in [1.807, 2.05) is 13.8 Å². The van der Waals surface area contributed by atoms with Gasteiger partial charge in [0.2, 0.25) is 0 Å². The minimum Gasteiger partial charge on any atom is -0.484 e. The molecule has 1 fully saturated rings. The van der Waals surface area contributed by atoms with Gasteiger partial charge in [-0.25, -0.2) is 4.79 Å². The highest BCUT2D eigenvalue weighted by atomic mass is 16.5. The van der Waals surface area contributed by atoms with Gasteiger partial charge < -0.3 is 19.7 Å². The third-order valence-corrected chi connectivity index (χ3v) is 5.98. The van der Waals surface area contributed by atoms with Crippen LogP contribution >= 0.6 is 0 Å². The number of hydrogen-bond donors (Lipinski definition) is 1. The quantitative estimate of drug-likeness (QED) is 0.477. The van der Waals surface area contributed by atoms with Gasteiger partial charge in [0, 0.05) is 18.3 Å². The molecule has 1 aromatic rings. The Morgan fingerprint density at radius 1 is 1.15 bits per heavy atom. The van der Waals surface area contributed by atoms with E-state index in [2.05, 4.69) is 5.32 Å². The van der Waals surface area contributed by atoms with Crippen LogP contribution in [0, 0.1) is 5.92 Å². The number of amides is 2. The van der Waals surface area contributed by atoms with E-state index in [-0.39, 0.29) is 30.4 Å². The van der Waals surface area contributed by atoms with Crippen LogP contribution in [0.15, 0.2) is 41.1 Å². The molecule has 0 saturated heterocycles. The van der Waals surface area contributed by atoms with Crippen molar-refractivity contribution in [2.75, 3.05) is 20.3 Å². The molecule has 1 aliphatic carbocycles. The molecule has 0 unspecified atom stereocenters. The molecule has 3 rings (SSSR count). The molecule has 1 N–H and O–H groups in total. The van der Waals surface area contributed by atoms with Gasteiger partial charge in [-0.3, -0.25) is 9.59 Å². The molecule has 0 radical (unpaired) electrons. The SMILES string of the molecule is COC(=O)C1=C(C)N(CC(C)C)C(=O)C1=Cc1ccc(OCC(=O)NC2CCCCC2)cc1. The number of carbonyl (C=O) groups excluding carboxylic acids is 3. The van der Waals surface area contributed by atoms with Gasteiger partial charge in [-0.2, -0.15) is 0 Å². The topological polar surface area (TPSA) is 84.9 Å². The summed E-state index contributed by atoms with van der Waals surface area (Å²) < 4.78 is 10.5. The molecule has 0 bridgehead atoms. The molecule has 1 aliphatic heterocycles. The highest BCUT2D eigenvalue weighted by Gasteiger charge is 2.37. The van der Waals surface area contributed by atoms with Crippen LogP contribution in [0.3, 0.4) is 0 Å². The van der Waals surface area contributed by atoms with Crippen molar-refractivity contribution in [3.63, 3.8) is 0 Å². The van der Waals surface area contributed by atoms with Crippen molar-refractivity contribution in [2.24, 2.45) is 5.92 Å². The van der Waals surface area contributed by atoms with Gasteiger partial charge in [0.05, 0.1) is 18.3 Å². The summed E-state index contributed by atoms with van der Waals surface area (Å²) >= 11 is 0. The minimum atomic E-state index is -0.526. The summed E-state index contributed by atoms with van der Waals surface area (Å²) in [6.45, 7) is 6.30. The number of nitrogens with one attached hydrogen (secondary N) is 1. The molecule has 178 valence electrons. The maximum absolute atomic E-state index is 13.0. The van der Waals surface area contributed by atoms with E-state index >= 15 is 0 Å². The zero-order valence-electron chi connectivity index (χ0n) is 20.0. The Labute approximate surface area is 195 Å². The average molecular weight is 455 g/mol. The number of methoxy groups -OCH3 is 1. The first-order valence-electron chi connectivity index (χ1n) is 11.7. The van der Waals surface area contributed by atoms with E-state index in [4.69, 9.17) is 9.47 Å². The largest absolute Gasteiger partial charge is 0.484 e. The number of nitrogens with zero attached hydrogens (tertiary/aromatic N) is 1. The van der Waals surface area contributed by atoms with Crippen LogP contribution in [0.4, 0.5) is 0 Å². The Balaban J connectivity index is 1.67. The highest BCUT2D eigenvalue weighted by molar-refractivity contribution is 6.16. The summed E-state index contributed by atoms with van der Waals surface area (Å²) in [6.07, 6.45) is 7.31. The van der Waals surface area contributed by atoms with Crippen molar-refractivity contribution in [1.29, 1.82) is 0 Å². The molecule has 2 amide bonds. The Bertz CT molecular complexity index is 940. The first-order chi connectivity index (χ1) is 15.8. The van der Waals surface area contributed by atoms with Crippen molar-refractivity contribution >= 4 is 23.9 Å². The number of carbonyl (C=O) groups is 3. The van der Waals surface area contributed by atoms with Crippen molar-refractivity contribution in [3.05, 3.63) is 46.7 Å². The van der Waals surface area contributed by atoms with E-state index in [1.54, 1.807) is 42.2 Å².